The van der Waals surface area contributed by atoms with Gasteiger partial charge in [0.05, 0.1) is 23.5 Å². The highest BCUT2D eigenvalue weighted by molar-refractivity contribution is 6.39. The minimum Gasteiger partial charge on any atom is -0.465 e. The van der Waals surface area contributed by atoms with Crippen LogP contribution in [0.2, 0.25) is 10.0 Å². The summed E-state index contributed by atoms with van der Waals surface area (Å²) in [6.07, 6.45) is 2.80. The number of halogens is 2. The number of fused-ring (bicyclic) bond motifs is 1. The highest BCUT2D eigenvalue weighted by atomic mass is 35.5. The van der Waals surface area contributed by atoms with E-state index in [2.05, 4.69) is 30.4 Å². The van der Waals surface area contributed by atoms with Crippen molar-refractivity contribution in [1.82, 2.24) is 25.1 Å². The zero-order chi connectivity index (χ0) is 19.0. The number of nitrogens with zero attached hydrogens (tertiary/aromatic N) is 4. The highest BCUT2D eigenvalue weighted by Gasteiger charge is 2.28. The Morgan fingerprint density at radius 1 is 1.22 bits per heavy atom. The van der Waals surface area contributed by atoms with Gasteiger partial charge < -0.3 is 19.6 Å². The van der Waals surface area contributed by atoms with Crippen LogP contribution in [0.3, 0.4) is 0 Å². The van der Waals surface area contributed by atoms with Crippen LogP contribution in [0.15, 0.2) is 35.4 Å². The van der Waals surface area contributed by atoms with Gasteiger partial charge in [0.25, 0.3) is 0 Å². The summed E-state index contributed by atoms with van der Waals surface area (Å²) < 4.78 is 10.2. The van der Waals surface area contributed by atoms with E-state index in [1.165, 1.54) is 19.8 Å². The van der Waals surface area contributed by atoms with Crippen molar-refractivity contribution >= 4 is 52.0 Å². The Kier molecular flexibility index (Phi) is 4.38. The van der Waals surface area contributed by atoms with Crippen LogP contribution in [0.1, 0.15) is 10.4 Å². The second-order valence-electron chi connectivity index (χ2n) is 5.27. The Hall–Kier alpha value is -3.17. The van der Waals surface area contributed by atoms with Crippen LogP contribution in [0.25, 0.3) is 22.4 Å². The van der Waals surface area contributed by atoms with Crippen LogP contribution in [0.5, 0.6) is 0 Å². The molecule has 2 N–H and O–H groups in total. The molecule has 9 nitrogen and oxygen atoms in total. The van der Waals surface area contributed by atoms with Gasteiger partial charge in [-0.1, -0.05) is 34.4 Å². The molecule has 0 aliphatic carbocycles. The standard InChI is InChI=1S/C16H10Cl2N6O3/c1-26-16(25)10-11(9-7(17)3-2-4-8(9)18)24-27-15(10)23-14-12-13(20-5-19-12)21-6-22-14/h2-6H,1H3,(H2,19,20,21,22,23). The van der Waals surface area contributed by atoms with Gasteiger partial charge in [-0.05, 0) is 12.1 Å². The number of anilines is 2. The molecule has 0 aliphatic rings. The fourth-order valence-corrected chi connectivity index (χ4v) is 3.11. The SMILES string of the molecule is COC(=O)c1c(-c2c(Cl)cccc2Cl)noc1Nc1ncnc2nc[nH]c12. The van der Waals surface area contributed by atoms with Gasteiger partial charge in [0.2, 0.25) is 5.88 Å². The van der Waals surface area contributed by atoms with Gasteiger partial charge in [-0.15, -0.1) is 0 Å². The van der Waals surface area contributed by atoms with Crippen molar-refractivity contribution in [3.63, 3.8) is 0 Å². The maximum atomic E-state index is 12.4. The van der Waals surface area contributed by atoms with E-state index < -0.39 is 5.97 Å². The van der Waals surface area contributed by atoms with Crippen LogP contribution in [0.4, 0.5) is 11.7 Å². The Bertz CT molecular complexity index is 1140. The molecule has 0 spiro atoms. The Morgan fingerprint density at radius 2 is 2.00 bits per heavy atom. The number of methoxy groups -OCH3 is 1. The van der Waals surface area contributed by atoms with Crippen LogP contribution in [0, 0.1) is 0 Å². The van der Waals surface area contributed by atoms with Crippen molar-refractivity contribution in [2.75, 3.05) is 12.4 Å². The van der Waals surface area contributed by atoms with Crippen LogP contribution in [-0.2, 0) is 4.74 Å². The summed E-state index contributed by atoms with van der Waals surface area (Å²) in [4.78, 5) is 27.5. The average molecular weight is 405 g/mol. The third-order valence-electron chi connectivity index (χ3n) is 3.74. The van der Waals surface area contributed by atoms with E-state index in [-0.39, 0.29) is 17.1 Å². The molecule has 0 saturated heterocycles. The number of H-pyrrole nitrogens is 1. The number of ether oxygens (including phenoxy) is 1. The number of carbonyl (C=O) groups excluding carboxylic acids is 1. The van der Waals surface area contributed by atoms with Gasteiger partial charge in [0.1, 0.15) is 17.5 Å². The van der Waals surface area contributed by atoms with Crippen molar-refractivity contribution in [2.24, 2.45) is 0 Å². The number of hydrogen-bond donors (Lipinski definition) is 2. The van der Waals surface area contributed by atoms with Crippen LogP contribution >= 0.6 is 23.2 Å². The summed E-state index contributed by atoms with van der Waals surface area (Å²) in [6, 6.07) is 4.94. The second-order valence-corrected chi connectivity index (χ2v) is 6.09. The van der Waals surface area contributed by atoms with E-state index in [4.69, 9.17) is 32.5 Å². The summed E-state index contributed by atoms with van der Waals surface area (Å²) in [7, 11) is 1.24. The maximum Gasteiger partial charge on any atom is 0.345 e. The molecule has 0 saturated carbocycles. The van der Waals surface area contributed by atoms with Gasteiger partial charge in [0, 0.05) is 5.56 Å². The van der Waals surface area contributed by atoms with E-state index >= 15 is 0 Å². The molecule has 0 unspecified atom stereocenters. The van der Waals surface area contributed by atoms with E-state index in [1.54, 1.807) is 18.2 Å². The number of imidazole rings is 1. The molecule has 0 fully saturated rings. The molecule has 0 bridgehead atoms. The summed E-state index contributed by atoms with van der Waals surface area (Å²) >= 11 is 12.5. The lowest BCUT2D eigenvalue weighted by molar-refractivity contribution is 0.0602. The number of rotatable bonds is 4. The number of esters is 1. The van der Waals surface area contributed by atoms with E-state index in [0.29, 0.717) is 32.6 Å². The molecule has 0 atom stereocenters. The first-order valence-corrected chi connectivity index (χ1v) is 8.29. The molecule has 11 heteroatoms. The third-order valence-corrected chi connectivity index (χ3v) is 4.37. The topological polar surface area (TPSA) is 119 Å². The molecule has 3 aromatic heterocycles. The van der Waals surface area contributed by atoms with E-state index in [1.807, 2.05) is 0 Å². The first-order chi connectivity index (χ1) is 13.1. The Balaban J connectivity index is 1.86. The van der Waals surface area contributed by atoms with Crippen LogP contribution < -0.4 is 5.32 Å². The molecular formula is C16H10Cl2N6O3. The summed E-state index contributed by atoms with van der Waals surface area (Å²) in [6.45, 7) is 0. The summed E-state index contributed by atoms with van der Waals surface area (Å²) in [5.74, 6) is -0.322. The molecule has 3 heterocycles. The largest absolute Gasteiger partial charge is 0.465 e. The normalized spacial score (nSPS) is 10.9. The number of aromatic nitrogens is 5. The lowest BCUT2D eigenvalue weighted by Crippen LogP contribution is -2.06. The molecule has 0 radical (unpaired) electrons. The second kappa shape index (κ2) is 6.86. The van der Waals surface area contributed by atoms with Gasteiger partial charge in [-0.25, -0.2) is 19.7 Å². The van der Waals surface area contributed by atoms with E-state index in [0.717, 1.165) is 0 Å². The fraction of sp³-hybridized carbons (Fsp3) is 0.0625. The van der Waals surface area contributed by atoms with Gasteiger partial charge >= 0.3 is 5.97 Å². The lowest BCUT2D eigenvalue weighted by Gasteiger charge is -2.07. The van der Waals surface area contributed by atoms with Gasteiger partial charge in [-0.3, -0.25) is 0 Å². The van der Waals surface area contributed by atoms with Gasteiger partial charge in [-0.2, -0.15) is 0 Å². The Morgan fingerprint density at radius 3 is 2.74 bits per heavy atom. The number of aromatic amines is 1. The molecule has 136 valence electrons. The molecule has 27 heavy (non-hydrogen) atoms. The van der Waals surface area contributed by atoms with E-state index in [9.17, 15) is 4.79 Å². The molecular weight excluding hydrogens is 395 g/mol. The molecule has 4 aromatic rings. The van der Waals surface area contributed by atoms with Crippen molar-refractivity contribution in [3.8, 4) is 11.3 Å². The summed E-state index contributed by atoms with van der Waals surface area (Å²) in [5, 5.41) is 7.49. The number of carbonyl (C=O) groups is 1. The Labute approximate surface area is 161 Å². The fourth-order valence-electron chi connectivity index (χ4n) is 2.53. The molecule has 4 rings (SSSR count). The minimum absolute atomic E-state index is 0.0161. The lowest BCUT2D eigenvalue weighted by atomic mass is 10.1. The van der Waals surface area contributed by atoms with Crippen molar-refractivity contribution in [2.45, 2.75) is 0 Å². The summed E-state index contributed by atoms with van der Waals surface area (Å²) in [5.41, 5.74) is 1.50. The minimum atomic E-state index is -0.681. The molecule has 0 aliphatic heterocycles. The zero-order valence-electron chi connectivity index (χ0n) is 13.7. The third kappa shape index (κ3) is 2.96. The first-order valence-electron chi connectivity index (χ1n) is 7.53. The predicted molar refractivity (Wildman–Crippen MR) is 98.3 cm³/mol. The molecule has 1 aromatic carbocycles. The predicted octanol–water partition coefficient (Wildman–Crippen LogP) is 3.84. The van der Waals surface area contributed by atoms with Gasteiger partial charge in [0.15, 0.2) is 17.0 Å². The van der Waals surface area contributed by atoms with Crippen LogP contribution in [-0.4, -0.2) is 38.2 Å². The van der Waals surface area contributed by atoms with Crippen molar-refractivity contribution in [1.29, 1.82) is 0 Å². The monoisotopic (exact) mass is 404 g/mol. The quantitative estimate of drug-likeness (QED) is 0.492. The maximum absolute atomic E-state index is 12.4. The smallest absolute Gasteiger partial charge is 0.345 e. The zero-order valence-corrected chi connectivity index (χ0v) is 15.2. The highest BCUT2D eigenvalue weighted by Crippen LogP contribution is 2.39. The van der Waals surface area contributed by atoms with Crippen molar-refractivity contribution in [3.05, 3.63) is 46.5 Å². The van der Waals surface area contributed by atoms with Crippen molar-refractivity contribution < 1.29 is 14.1 Å². The average Bonchev–Trinajstić information content (AvgIpc) is 3.29. The number of hydrogen-bond acceptors (Lipinski definition) is 8. The number of benzene rings is 1. The number of nitrogens with one attached hydrogen (secondary N) is 2. The first kappa shape index (κ1) is 17.3. The molecule has 0 amide bonds.